The number of benzene rings is 2. The maximum atomic E-state index is 14.3. The maximum absolute atomic E-state index is 14.3. The van der Waals surface area contributed by atoms with Gasteiger partial charge in [-0.15, -0.1) is 0 Å². The molecule has 1 aliphatic carbocycles. The number of nitrogens with one attached hydrogen (secondary N) is 2. The number of rotatable bonds is 8. The number of ether oxygens (including phenoxy) is 1. The molecule has 40 heavy (non-hydrogen) atoms. The highest BCUT2D eigenvalue weighted by atomic mass is 35.5. The van der Waals surface area contributed by atoms with Crippen LogP contribution < -0.4 is 10.6 Å². The van der Waals surface area contributed by atoms with E-state index in [1.54, 1.807) is 29.2 Å². The van der Waals surface area contributed by atoms with Crippen LogP contribution in [0.15, 0.2) is 66.7 Å². The number of hydrogen-bond acceptors (Lipinski definition) is 4. The predicted octanol–water partition coefficient (Wildman–Crippen LogP) is 4.90. The summed E-state index contributed by atoms with van der Waals surface area (Å²) in [5.74, 6) is -2.20. The van der Waals surface area contributed by atoms with Crippen molar-refractivity contribution < 1.29 is 19.1 Å². The zero-order valence-electron chi connectivity index (χ0n) is 22.7. The molecule has 2 aromatic rings. The fourth-order valence-electron chi connectivity index (χ4n) is 7.16. The SMILES string of the molecule is C[C@H](CCc1ccccc1)N1C(=O)[C@@H]2[C@H](C(=O)Nc3cccc(Cl)c3)[C@@H]3C=C[C@@]2(O3)[C@@H]1C(=O)NC1CCCCC1. The molecule has 7 nitrogen and oxygen atoms in total. The van der Waals surface area contributed by atoms with E-state index < -0.39 is 29.6 Å². The minimum absolute atomic E-state index is 0.0952. The Kier molecular flexibility index (Phi) is 7.44. The summed E-state index contributed by atoms with van der Waals surface area (Å²) in [4.78, 5) is 43.7. The van der Waals surface area contributed by atoms with Crippen LogP contribution in [0.1, 0.15) is 51.0 Å². The van der Waals surface area contributed by atoms with Crippen molar-refractivity contribution in [3.63, 3.8) is 0 Å². The first-order valence-electron chi connectivity index (χ1n) is 14.5. The van der Waals surface area contributed by atoms with Crippen molar-refractivity contribution in [3.8, 4) is 0 Å². The molecule has 0 unspecified atom stereocenters. The number of hydrogen-bond donors (Lipinski definition) is 2. The Hall–Kier alpha value is -3.16. The topological polar surface area (TPSA) is 87.7 Å². The molecule has 2 bridgehead atoms. The number of amides is 3. The number of likely N-dealkylation sites (tertiary alicyclic amines) is 1. The lowest BCUT2D eigenvalue weighted by atomic mass is 9.74. The Labute approximate surface area is 240 Å². The second-order valence-corrected chi connectivity index (χ2v) is 12.1. The van der Waals surface area contributed by atoms with Gasteiger partial charge in [-0.05, 0) is 56.4 Å². The molecule has 8 heteroatoms. The first-order chi connectivity index (χ1) is 19.4. The van der Waals surface area contributed by atoms with Crippen molar-refractivity contribution in [1.29, 1.82) is 0 Å². The largest absolute Gasteiger partial charge is 0.359 e. The van der Waals surface area contributed by atoms with E-state index in [0.717, 1.165) is 32.1 Å². The van der Waals surface area contributed by atoms with Crippen molar-refractivity contribution in [3.05, 3.63) is 77.3 Å². The normalized spacial score (nSPS) is 29.9. The van der Waals surface area contributed by atoms with Gasteiger partial charge in [-0.3, -0.25) is 14.4 Å². The lowest BCUT2D eigenvalue weighted by molar-refractivity contribution is -0.143. The molecule has 2 N–H and O–H groups in total. The number of carbonyl (C=O) groups excluding carboxylic acids is 3. The molecule has 3 aliphatic heterocycles. The van der Waals surface area contributed by atoms with Gasteiger partial charge in [0.2, 0.25) is 17.7 Å². The van der Waals surface area contributed by atoms with Crippen LogP contribution >= 0.6 is 11.6 Å². The van der Waals surface area contributed by atoms with E-state index in [2.05, 4.69) is 22.8 Å². The quantitative estimate of drug-likeness (QED) is 0.449. The molecule has 210 valence electrons. The molecule has 1 saturated carbocycles. The average molecular weight is 562 g/mol. The Morgan fingerprint density at radius 3 is 2.60 bits per heavy atom. The van der Waals surface area contributed by atoms with Crippen molar-refractivity contribution in [1.82, 2.24) is 10.2 Å². The lowest BCUT2D eigenvalue weighted by Gasteiger charge is -2.36. The summed E-state index contributed by atoms with van der Waals surface area (Å²) in [6.07, 6.45) is 9.86. The summed E-state index contributed by atoms with van der Waals surface area (Å²) >= 11 is 6.13. The summed E-state index contributed by atoms with van der Waals surface area (Å²) in [6.45, 7) is 2.00. The van der Waals surface area contributed by atoms with Gasteiger partial charge >= 0.3 is 0 Å². The Morgan fingerprint density at radius 1 is 1.07 bits per heavy atom. The standard InChI is InChI=1S/C32H36ClN3O4/c1-20(15-16-21-9-4-2-5-10-21)36-28(30(38)34-23-12-6-3-7-13-23)32-18-17-25(40-32)26(27(32)31(36)39)29(37)35-24-14-8-11-22(33)19-24/h2,4-5,8-11,14,17-20,23,25-28H,3,6-7,12-13,15-16H2,1H3,(H,34,38)(H,35,37)/t20-,25+,26-,27+,28+,32+/m1/s1. The van der Waals surface area contributed by atoms with Crippen molar-refractivity contribution in [2.45, 2.75) is 81.7 Å². The highest BCUT2D eigenvalue weighted by molar-refractivity contribution is 6.30. The van der Waals surface area contributed by atoms with Crippen LogP contribution in [0.25, 0.3) is 0 Å². The minimum Gasteiger partial charge on any atom is -0.359 e. The molecule has 2 saturated heterocycles. The predicted molar refractivity (Wildman–Crippen MR) is 154 cm³/mol. The summed E-state index contributed by atoms with van der Waals surface area (Å²) in [7, 11) is 0. The number of anilines is 1. The summed E-state index contributed by atoms with van der Waals surface area (Å²) in [5.41, 5.74) is 0.569. The fraction of sp³-hybridized carbons (Fsp3) is 0.469. The van der Waals surface area contributed by atoms with E-state index >= 15 is 0 Å². The van der Waals surface area contributed by atoms with Gasteiger partial charge in [0.15, 0.2) is 0 Å². The lowest BCUT2D eigenvalue weighted by Crippen LogP contribution is -2.58. The fourth-order valence-corrected chi connectivity index (χ4v) is 7.35. The number of halogens is 1. The van der Waals surface area contributed by atoms with Gasteiger partial charge in [0.25, 0.3) is 0 Å². The smallest absolute Gasteiger partial charge is 0.246 e. The number of fused-ring (bicyclic) bond motifs is 1. The van der Waals surface area contributed by atoms with Crippen molar-refractivity contribution >= 4 is 35.0 Å². The Morgan fingerprint density at radius 2 is 1.85 bits per heavy atom. The zero-order chi connectivity index (χ0) is 27.9. The zero-order valence-corrected chi connectivity index (χ0v) is 23.5. The van der Waals surface area contributed by atoms with E-state index in [4.69, 9.17) is 16.3 Å². The van der Waals surface area contributed by atoms with Gasteiger partial charge in [-0.1, -0.05) is 79.4 Å². The highest BCUT2D eigenvalue weighted by Gasteiger charge is 2.73. The molecule has 0 aromatic heterocycles. The van der Waals surface area contributed by atoms with Crippen LogP contribution in [-0.4, -0.2) is 52.5 Å². The van der Waals surface area contributed by atoms with Gasteiger partial charge in [0.1, 0.15) is 11.6 Å². The minimum atomic E-state index is -1.17. The molecule has 6 atom stereocenters. The third kappa shape index (κ3) is 4.83. The molecule has 4 aliphatic rings. The molecule has 3 heterocycles. The van der Waals surface area contributed by atoms with Gasteiger partial charge in [-0.2, -0.15) is 0 Å². The average Bonchev–Trinajstić information content (AvgIpc) is 3.60. The second-order valence-electron chi connectivity index (χ2n) is 11.7. The Balaban J connectivity index is 1.29. The van der Waals surface area contributed by atoms with Gasteiger partial charge in [0.05, 0.1) is 17.9 Å². The molecule has 0 radical (unpaired) electrons. The van der Waals surface area contributed by atoms with E-state index in [0.29, 0.717) is 17.1 Å². The first kappa shape index (κ1) is 27.0. The van der Waals surface area contributed by atoms with Gasteiger partial charge in [-0.25, -0.2) is 0 Å². The molecular weight excluding hydrogens is 526 g/mol. The second kappa shape index (κ2) is 11.0. The molecule has 3 fully saturated rings. The maximum Gasteiger partial charge on any atom is 0.246 e. The number of carbonyl (C=O) groups is 3. The van der Waals surface area contributed by atoms with Gasteiger partial charge in [0, 0.05) is 22.8 Å². The van der Waals surface area contributed by atoms with Crippen LogP contribution in [0.4, 0.5) is 5.69 Å². The summed E-state index contributed by atoms with van der Waals surface area (Å²) < 4.78 is 6.49. The third-order valence-corrected chi connectivity index (χ3v) is 9.31. The number of nitrogens with zero attached hydrogens (tertiary/aromatic N) is 1. The van der Waals surface area contributed by atoms with Crippen molar-refractivity contribution in [2.24, 2.45) is 11.8 Å². The highest BCUT2D eigenvalue weighted by Crippen LogP contribution is 2.56. The molecular formula is C32H36ClN3O4. The van der Waals surface area contributed by atoms with E-state index in [1.807, 2.05) is 37.3 Å². The van der Waals surface area contributed by atoms with Crippen LogP contribution in [0, 0.1) is 11.8 Å². The van der Waals surface area contributed by atoms with Crippen molar-refractivity contribution in [2.75, 3.05) is 5.32 Å². The van der Waals surface area contributed by atoms with E-state index in [-0.39, 0.29) is 29.8 Å². The van der Waals surface area contributed by atoms with Crippen LogP contribution in [-0.2, 0) is 25.5 Å². The molecule has 1 spiro atoms. The van der Waals surface area contributed by atoms with Crippen LogP contribution in [0.3, 0.4) is 0 Å². The first-order valence-corrected chi connectivity index (χ1v) is 14.9. The Bertz CT molecular complexity index is 1310. The molecule has 6 rings (SSSR count). The van der Waals surface area contributed by atoms with Crippen LogP contribution in [0.2, 0.25) is 5.02 Å². The third-order valence-electron chi connectivity index (χ3n) is 9.08. The molecule has 3 amide bonds. The van der Waals surface area contributed by atoms with E-state index in [1.165, 1.54) is 12.0 Å². The number of aryl methyl sites for hydroxylation is 1. The van der Waals surface area contributed by atoms with E-state index in [9.17, 15) is 14.4 Å². The summed E-state index contributed by atoms with van der Waals surface area (Å²) in [5, 5.41) is 6.70. The van der Waals surface area contributed by atoms with Gasteiger partial charge < -0.3 is 20.3 Å². The molecule has 2 aromatic carbocycles. The summed E-state index contributed by atoms with van der Waals surface area (Å²) in [6, 6.07) is 16.1. The monoisotopic (exact) mass is 561 g/mol. The van der Waals surface area contributed by atoms with Crippen LogP contribution in [0.5, 0.6) is 0 Å².